The molecule has 4 nitrogen and oxygen atoms in total. The average molecular weight is 279 g/mol. The number of fused-ring (bicyclic) bond motifs is 1. The second kappa shape index (κ2) is 6.46. The van der Waals surface area contributed by atoms with Crippen molar-refractivity contribution in [2.75, 3.05) is 27.4 Å². The van der Waals surface area contributed by atoms with Crippen LogP contribution in [0.1, 0.15) is 38.3 Å². The second-order valence-corrected chi connectivity index (χ2v) is 5.29. The van der Waals surface area contributed by atoms with Gasteiger partial charge in [0.15, 0.2) is 0 Å². The van der Waals surface area contributed by atoms with Gasteiger partial charge in [-0.2, -0.15) is 0 Å². The number of benzene rings is 1. The third-order valence-electron chi connectivity index (χ3n) is 4.00. The number of nitrogens with one attached hydrogen (secondary N) is 1. The van der Waals surface area contributed by atoms with Crippen molar-refractivity contribution < 1.29 is 14.2 Å². The minimum Gasteiger partial charge on any atom is -0.497 e. The van der Waals surface area contributed by atoms with E-state index < -0.39 is 0 Å². The van der Waals surface area contributed by atoms with Crippen molar-refractivity contribution >= 4 is 0 Å². The van der Waals surface area contributed by atoms with Crippen LogP contribution in [0.2, 0.25) is 0 Å². The molecule has 20 heavy (non-hydrogen) atoms. The van der Waals surface area contributed by atoms with Gasteiger partial charge >= 0.3 is 0 Å². The van der Waals surface area contributed by atoms with Crippen molar-refractivity contribution in [3.63, 3.8) is 0 Å². The molecule has 2 atom stereocenters. The minimum atomic E-state index is -0.263. The van der Waals surface area contributed by atoms with Gasteiger partial charge < -0.3 is 19.5 Å². The summed E-state index contributed by atoms with van der Waals surface area (Å²) in [5.41, 5.74) is 0.939. The number of hydrogen-bond acceptors (Lipinski definition) is 4. The van der Waals surface area contributed by atoms with E-state index in [0.717, 1.165) is 30.9 Å². The Balaban J connectivity index is 2.38. The van der Waals surface area contributed by atoms with Crippen LogP contribution in [0.4, 0.5) is 0 Å². The zero-order valence-corrected chi connectivity index (χ0v) is 12.9. The van der Waals surface area contributed by atoms with E-state index in [9.17, 15) is 0 Å². The largest absolute Gasteiger partial charge is 0.497 e. The quantitative estimate of drug-likeness (QED) is 0.869. The molecule has 0 spiro atoms. The molecule has 0 amide bonds. The Morgan fingerprint density at radius 3 is 2.75 bits per heavy atom. The molecule has 0 saturated heterocycles. The smallest absolute Gasteiger partial charge is 0.134 e. The highest BCUT2D eigenvalue weighted by molar-refractivity contribution is 5.44. The lowest BCUT2D eigenvalue weighted by molar-refractivity contribution is -0.0370. The molecule has 2 unspecified atom stereocenters. The van der Waals surface area contributed by atoms with Gasteiger partial charge in [-0.3, -0.25) is 0 Å². The van der Waals surface area contributed by atoms with Crippen molar-refractivity contribution in [3.8, 4) is 11.5 Å². The molecule has 0 aliphatic carbocycles. The van der Waals surface area contributed by atoms with Crippen molar-refractivity contribution in [2.45, 2.75) is 38.3 Å². The highest BCUT2D eigenvalue weighted by Gasteiger charge is 2.39. The highest BCUT2D eigenvalue weighted by atomic mass is 16.5. The number of methoxy groups -OCH3 is 2. The summed E-state index contributed by atoms with van der Waals surface area (Å²) in [5, 5.41) is 3.55. The summed E-state index contributed by atoms with van der Waals surface area (Å²) in [5.74, 6) is 1.73. The molecule has 1 heterocycles. The number of rotatable bonds is 6. The molecule has 0 saturated carbocycles. The Bertz CT molecular complexity index is 449. The fraction of sp³-hybridized carbons (Fsp3) is 0.625. The Labute approximate surface area is 121 Å². The Morgan fingerprint density at radius 1 is 1.35 bits per heavy atom. The van der Waals surface area contributed by atoms with Gasteiger partial charge in [0.2, 0.25) is 0 Å². The first-order chi connectivity index (χ1) is 9.68. The fourth-order valence-corrected chi connectivity index (χ4v) is 2.87. The van der Waals surface area contributed by atoms with Gasteiger partial charge in [-0.05, 0) is 19.0 Å². The number of hydrogen-bond donors (Lipinski definition) is 1. The lowest BCUT2D eigenvalue weighted by Gasteiger charge is -2.41. The summed E-state index contributed by atoms with van der Waals surface area (Å²) in [7, 11) is 3.40. The first kappa shape index (κ1) is 15.1. The van der Waals surface area contributed by atoms with Crippen LogP contribution >= 0.6 is 0 Å². The maximum atomic E-state index is 6.28. The van der Waals surface area contributed by atoms with Crippen molar-refractivity contribution in [3.05, 3.63) is 23.8 Å². The van der Waals surface area contributed by atoms with Crippen LogP contribution in [0.15, 0.2) is 18.2 Å². The SMILES string of the molecule is CCNC1CC(CC)(COC)Oc2cc(OC)ccc21. The van der Waals surface area contributed by atoms with E-state index >= 15 is 0 Å². The Kier molecular flexibility index (Phi) is 4.89. The van der Waals surface area contributed by atoms with Gasteiger partial charge in [0.1, 0.15) is 17.1 Å². The Hall–Kier alpha value is -1.26. The molecule has 0 fully saturated rings. The molecule has 1 aliphatic rings. The predicted molar refractivity (Wildman–Crippen MR) is 79.6 cm³/mol. The van der Waals surface area contributed by atoms with Crippen molar-refractivity contribution in [1.29, 1.82) is 0 Å². The summed E-state index contributed by atoms with van der Waals surface area (Å²) in [6.07, 6.45) is 1.84. The number of ether oxygens (including phenoxy) is 3. The van der Waals surface area contributed by atoms with E-state index in [0.29, 0.717) is 12.6 Å². The maximum absolute atomic E-state index is 6.28. The fourth-order valence-electron chi connectivity index (χ4n) is 2.87. The van der Waals surface area contributed by atoms with E-state index in [4.69, 9.17) is 14.2 Å². The predicted octanol–water partition coefficient (Wildman–Crippen LogP) is 2.92. The van der Waals surface area contributed by atoms with Gasteiger partial charge in [-0.15, -0.1) is 0 Å². The summed E-state index contributed by atoms with van der Waals surface area (Å²) >= 11 is 0. The topological polar surface area (TPSA) is 39.7 Å². The summed E-state index contributed by atoms with van der Waals surface area (Å²) in [4.78, 5) is 0. The van der Waals surface area contributed by atoms with Gasteiger partial charge in [-0.25, -0.2) is 0 Å². The molecule has 1 aliphatic heterocycles. The average Bonchev–Trinajstić information content (AvgIpc) is 2.47. The molecular formula is C16H25NO3. The standard InChI is InChI=1S/C16H25NO3/c1-5-16(11-18-3)10-14(17-6-2)13-8-7-12(19-4)9-15(13)20-16/h7-9,14,17H,5-6,10-11H2,1-4H3. The van der Waals surface area contributed by atoms with Crippen molar-refractivity contribution in [2.24, 2.45) is 0 Å². The van der Waals surface area contributed by atoms with Crippen molar-refractivity contribution in [1.82, 2.24) is 5.32 Å². The van der Waals surface area contributed by atoms with Gasteiger partial charge in [0.05, 0.1) is 13.7 Å². The van der Waals surface area contributed by atoms with E-state index in [1.54, 1.807) is 14.2 Å². The lowest BCUT2D eigenvalue weighted by atomic mass is 9.85. The second-order valence-electron chi connectivity index (χ2n) is 5.29. The molecule has 0 aromatic heterocycles. The normalized spacial score (nSPS) is 24.9. The highest BCUT2D eigenvalue weighted by Crippen LogP contribution is 2.42. The summed E-state index contributed by atoms with van der Waals surface area (Å²) in [6, 6.07) is 6.35. The third kappa shape index (κ3) is 2.91. The molecule has 1 N–H and O–H groups in total. The van der Waals surface area contributed by atoms with Gasteiger partial charge in [-0.1, -0.05) is 19.9 Å². The molecular weight excluding hydrogens is 254 g/mol. The van der Waals surface area contributed by atoms with Crippen LogP contribution in [-0.4, -0.2) is 33.0 Å². The minimum absolute atomic E-state index is 0.263. The molecule has 4 heteroatoms. The van der Waals surface area contributed by atoms with Crippen LogP contribution in [0.3, 0.4) is 0 Å². The van der Waals surface area contributed by atoms with E-state index in [1.807, 2.05) is 12.1 Å². The van der Waals surface area contributed by atoms with Gasteiger partial charge in [0, 0.05) is 31.2 Å². The van der Waals surface area contributed by atoms with Crippen LogP contribution in [0, 0.1) is 0 Å². The van der Waals surface area contributed by atoms with Crippen LogP contribution in [0.25, 0.3) is 0 Å². The maximum Gasteiger partial charge on any atom is 0.134 e. The molecule has 2 rings (SSSR count). The molecule has 0 radical (unpaired) electrons. The van der Waals surface area contributed by atoms with Crippen LogP contribution in [0.5, 0.6) is 11.5 Å². The van der Waals surface area contributed by atoms with E-state index in [-0.39, 0.29) is 5.60 Å². The zero-order chi connectivity index (χ0) is 14.6. The summed E-state index contributed by atoms with van der Waals surface area (Å²) < 4.78 is 17.0. The van der Waals surface area contributed by atoms with E-state index in [2.05, 4.69) is 25.2 Å². The first-order valence-corrected chi connectivity index (χ1v) is 7.27. The monoisotopic (exact) mass is 279 g/mol. The lowest BCUT2D eigenvalue weighted by Crippen LogP contribution is -2.47. The van der Waals surface area contributed by atoms with Crippen LogP contribution in [-0.2, 0) is 4.74 Å². The Morgan fingerprint density at radius 2 is 2.15 bits per heavy atom. The molecule has 1 aromatic rings. The summed E-state index contributed by atoms with van der Waals surface area (Å²) in [6.45, 7) is 5.81. The first-order valence-electron chi connectivity index (χ1n) is 7.27. The zero-order valence-electron chi connectivity index (χ0n) is 12.9. The van der Waals surface area contributed by atoms with Gasteiger partial charge in [0.25, 0.3) is 0 Å². The molecule has 112 valence electrons. The molecule has 0 bridgehead atoms. The molecule has 1 aromatic carbocycles. The van der Waals surface area contributed by atoms with Crippen LogP contribution < -0.4 is 14.8 Å². The van der Waals surface area contributed by atoms with E-state index in [1.165, 1.54) is 5.56 Å². The third-order valence-corrected chi connectivity index (χ3v) is 4.00.